The molecule has 0 amide bonds. The average Bonchev–Trinajstić information content (AvgIpc) is 2.81. The highest BCUT2D eigenvalue weighted by molar-refractivity contribution is 5.30. The Hall–Kier alpha value is -1.35. The highest BCUT2D eigenvalue weighted by atomic mass is 19.1. The van der Waals surface area contributed by atoms with E-state index in [1.165, 1.54) is 49.7 Å². The van der Waals surface area contributed by atoms with E-state index in [0.29, 0.717) is 17.9 Å². The lowest BCUT2D eigenvalue weighted by Gasteiger charge is -2.36. The van der Waals surface area contributed by atoms with Crippen LogP contribution < -0.4 is 0 Å². The van der Waals surface area contributed by atoms with Crippen LogP contribution >= 0.6 is 0 Å². The summed E-state index contributed by atoms with van der Waals surface area (Å²) in [5, 5.41) is 0. The lowest BCUT2D eigenvalue weighted by atomic mass is 9.69. The van der Waals surface area contributed by atoms with Crippen LogP contribution in [0.5, 0.6) is 0 Å². The minimum absolute atomic E-state index is 0.0416. The van der Waals surface area contributed by atoms with Gasteiger partial charge in [0.1, 0.15) is 5.82 Å². The summed E-state index contributed by atoms with van der Waals surface area (Å²) in [5.41, 5.74) is 3.65. The molecule has 31 heavy (non-hydrogen) atoms. The Kier molecular flexibility index (Phi) is 8.09. The largest absolute Gasteiger partial charge is 0.504 e. The Labute approximate surface area is 188 Å². The van der Waals surface area contributed by atoms with Gasteiger partial charge in [-0.2, -0.15) is 0 Å². The molecule has 3 aliphatic carbocycles. The molecule has 2 nitrogen and oxygen atoms in total. The Morgan fingerprint density at radius 1 is 0.871 bits per heavy atom. The van der Waals surface area contributed by atoms with Crippen molar-refractivity contribution in [2.24, 2.45) is 11.8 Å². The third kappa shape index (κ3) is 5.72. The fraction of sp³-hybridized carbons (Fsp3) is 0.714. The molecule has 0 radical (unpaired) electrons. The molecule has 3 fully saturated rings. The minimum atomic E-state index is 0.0416. The molecule has 172 valence electrons. The first-order valence-electron chi connectivity index (χ1n) is 12.8. The van der Waals surface area contributed by atoms with Crippen LogP contribution in [0, 0.1) is 17.7 Å². The van der Waals surface area contributed by atoms with Gasteiger partial charge in [0.25, 0.3) is 0 Å². The standard InChI is InChI=1S/C28H41FO2/c1-3-31-26-15-12-23(13-16-26)25-14-17-27(28(29)18-25)24-10-8-22(9-11-24)21-6-4-20(5-7-21)19-30-2/h14,17-19,21-24,26H,3-13,15-16H2,1-2H3. The highest BCUT2D eigenvalue weighted by Crippen LogP contribution is 2.44. The van der Waals surface area contributed by atoms with Crippen LogP contribution in [0.15, 0.2) is 30.0 Å². The molecule has 0 saturated heterocycles. The van der Waals surface area contributed by atoms with Crippen molar-refractivity contribution in [3.05, 3.63) is 47.0 Å². The highest BCUT2D eigenvalue weighted by Gasteiger charge is 2.31. The molecule has 0 bridgehead atoms. The van der Waals surface area contributed by atoms with E-state index < -0.39 is 0 Å². The number of halogens is 1. The molecule has 3 heteroatoms. The van der Waals surface area contributed by atoms with Crippen molar-refractivity contribution in [2.45, 2.75) is 102 Å². The number of methoxy groups -OCH3 is 1. The summed E-state index contributed by atoms with van der Waals surface area (Å²) in [7, 11) is 1.75. The molecule has 4 rings (SSSR count). The molecular weight excluding hydrogens is 387 g/mol. The molecule has 3 aliphatic rings. The quantitative estimate of drug-likeness (QED) is 0.429. The van der Waals surface area contributed by atoms with E-state index in [1.54, 1.807) is 7.11 Å². The van der Waals surface area contributed by atoms with Gasteiger partial charge in [-0.05, 0) is 130 Å². The van der Waals surface area contributed by atoms with E-state index in [9.17, 15) is 0 Å². The van der Waals surface area contributed by atoms with Crippen molar-refractivity contribution in [2.75, 3.05) is 13.7 Å². The van der Waals surface area contributed by atoms with Gasteiger partial charge >= 0.3 is 0 Å². The van der Waals surface area contributed by atoms with E-state index in [2.05, 4.69) is 19.1 Å². The van der Waals surface area contributed by atoms with E-state index in [1.807, 2.05) is 12.3 Å². The van der Waals surface area contributed by atoms with E-state index in [4.69, 9.17) is 9.47 Å². The summed E-state index contributed by atoms with van der Waals surface area (Å²) in [4.78, 5) is 0. The predicted molar refractivity (Wildman–Crippen MR) is 125 cm³/mol. The Balaban J connectivity index is 1.29. The number of hydrogen-bond donors (Lipinski definition) is 0. The van der Waals surface area contributed by atoms with Crippen LogP contribution in [0.1, 0.15) is 107 Å². The first kappa shape index (κ1) is 22.8. The Bertz CT molecular complexity index is 717. The molecule has 1 aromatic rings. The Morgan fingerprint density at radius 2 is 1.52 bits per heavy atom. The van der Waals surface area contributed by atoms with E-state index >= 15 is 4.39 Å². The monoisotopic (exact) mass is 428 g/mol. The van der Waals surface area contributed by atoms with E-state index in [-0.39, 0.29) is 5.82 Å². The number of benzene rings is 1. The summed E-state index contributed by atoms with van der Waals surface area (Å²) >= 11 is 0. The first-order valence-corrected chi connectivity index (χ1v) is 12.8. The number of rotatable bonds is 6. The zero-order valence-corrected chi connectivity index (χ0v) is 19.6. The van der Waals surface area contributed by atoms with Gasteiger partial charge in [-0.1, -0.05) is 12.1 Å². The summed E-state index contributed by atoms with van der Waals surface area (Å²) in [6, 6.07) is 6.20. The normalized spacial score (nSPS) is 32.0. The third-order valence-corrected chi connectivity index (χ3v) is 8.41. The molecule has 0 spiro atoms. The number of hydrogen-bond acceptors (Lipinski definition) is 2. The summed E-state index contributed by atoms with van der Waals surface area (Å²) in [5.74, 6) is 2.64. The van der Waals surface area contributed by atoms with Gasteiger partial charge in [0.15, 0.2) is 0 Å². The molecule has 0 aromatic heterocycles. The zero-order chi connectivity index (χ0) is 21.6. The summed E-state index contributed by atoms with van der Waals surface area (Å²) in [6.07, 6.45) is 16.6. The lowest BCUT2D eigenvalue weighted by Crippen LogP contribution is -2.24. The van der Waals surface area contributed by atoms with Crippen molar-refractivity contribution in [1.29, 1.82) is 0 Å². The minimum Gasteiger partial charge on any atom is -0.504 e. The summed E-state index contributed by atoms with van der Waals surface area (Å²) in [6.45, 7) is 2.87. The van der Waals surface area contributed by atoms with Gasteiger partial charge in [-0.25, -0.2) is 4.39 Å². The molecule has 3 saturated carbocycles. The predicted octanol–water partition coefficient (Wildman–Crippen LogP) is 7.88. The molecule has 0 atom stereocenters. The van der Waals surface area contributed by atoms with Crippen LogP contribution in [-0.2, 0) is 9.47 Å². The summed E-state index contributed by atoms with van der Waals surface area (Å²) < 4.78 is 26.1. The van der Waals surface area contributed by atoms with Gasteiger partial charge in [0, 0.05) is 6.61 Å². The van der Waals surface area contributed by atoms with Gasteiger partial charge in [0.2, 0.25) is 0 Å². The van der Waals surface area contributed by atoms with Gasteiger partial charge in [-0.3, -0.25) is 0 Å². The van der Waals surface area contributed by atoms with Crippen molar-refractivity contribution in [3.63, 3.8) is 0 Å². The lowest BCUT2D eigenvalue weighted by molar-refractivity contribution is 0.0328. The first-order chi connectivity index (χ1) is 15.2. The van der Waals surface area contributed by atoms with Crippen molar-refractivity contribution < 1.29 is 13.9 Å². The van der Waals surface area contributed by atoms with Crippen LogP contribution in [0.2, 0.25) is 0 Å². The second-order valence-electron chi connectivity index (χ2n) is 10.2. The van der Waals surface area contributed by atoms with Crippen LogP contribution in [0.3, 0.4) is 0 Å². The zero-order valence-electron chi connectivity index (χ0n) is 19.6. The smallest absolute Gasteiger partial charge is 0.126 e. The topological polar surface area (TPSA) is 18.5 Å². The molecule has 0 unspecified atom stereocenters. The molecule has 0 heterocycles. The molecular formula is C28H41FO2. The Morgan fingerprint density at radius 3 is 2.13 bits per heavy atom. The molecule has 0 aliphatic heterocycles. The molecule has 1 aromatic carbocycles. The average molecular weight is 429 g/mol. The van der Waals surface area contributed by atoms with Crippen molar-refractivity contribution in [3.8, 4) is 0 Å². The second-order valence-corrected chi connectivity index (χ2v) is 10.2. The molecule has 0 N–H and O–H groups in total. The van der Waals surface area contributed by atoms with Gasteiger partial charge in [0.05, 0.1) is 19.5 Å². The third-order valence-electron chi connectivity index (χ3n) is 8.41. The maximum Gasteiger partial charge on any atom is 0.126 e. The maximum atomic E-state index is 15.1. The number of allylic oxidation sites excluding steroid dienone is 1. The van der Waals surface area contributed by atoms with E-state index in [0.717, 1.165) is 62.5 Å². The van der Waals surface area contributed by atoms with Crippen LogP contribution in [0.25, 0.3) is 0 Å². The SMILES string of the molecule is CCOC1CCC(c2ccc(C3CCC(C4CCC(=COC)CC4)CC3)c(F)c2)CC1. The van der Waals surface area contributed by atoms with Crippen molar-refractivity contribution >= 4 is 0 Å². The second kappa shape index (κ2) is 11.0. The fourth-order valence-electron chi connectivity index (χ4n) is 6.60. The maximum absolute atomic E-state index is 15.1. The van der Waals surface area contributed by atoms with Gasteiger partial charge in [-0.15, -0.1) is 0 Å². The van der Waals surface area contributed by atoms with Crippen LogP contribution in [-0.4, -0.2) is 19.8 Å². The fourth-order valence-corrected chi connectivity index (χ4v) is 6.60. The van der Waals surface area contributed by atoms with Crippen molar-refractivity contribution in [1.82, 2.24) is 0 Å². The number of ether oxygens (including phenoxy) is 2. The van der Waals surface area contributed by atoms with Gasteiger partial charge < -0.3 is 9.47 Å². The van der Waals surface area contributed by atoms with Crippen LogP contribution in [0.4, 0.5) is 4.39 Å².